The number of nitrogens with zero attached hydrogens (tertiary/aromatic N) is 1. The molecule has 1 heterocycles. The Hall–Kier alpha value is -0.410. The minimum atomic E-state index is -0.607. The molecule has 1 aromatic heterocycles. The van der Waals surface area contributed by atoms with Crippen LogP contribution in [0.3, 0.4) is 0 Å². The van der Waals surface area contributed by atoms with E-state index < -0.39 is 5.60 Å². The van der Waals surface area contributed by atoms with Crippen molar-refractivity contribution in [3.63, 3.8) is 0 Å². The summed E-state index contributed by atoms with van der Waals surface area (Å²) < 4.78 is 0.787. The fourth-order valence-electron chi connectivity index (χ4n) is 1.04. The van der Waals surface area contributed by atoms with Crippen molar-refractivity contribution in [1.29, 1.82) is 0 Å². The van der Waals surface area contributed by atoms with E-state index in [4.69, 9.17) is 0 Å². The number of hydrogen-bond donors (Lipinski definition) is 1. The van der Waals surface area contributed by atoms with Crippen LogP contribution < -0.4 is 0 Å². The Labute approximate surface area is 73.4 Å². The molecule has 0 unspecified atom stereocenters. The molecule has 1 saturated carbocycles. The number of hydrogen-bond acceptors (Lipinski definition) is 2. The van der Waals surface area contributed by atoms with Crippen LogP contribution in [0.4, 0.5) is 0 Å². The number of rotatable bonds is 1. The van der Waals surface area contributed by atoms with Gasteiger partial charge in [0.1, 0.15) is 10.2 Å². The zero-order chi connectivity index (χ0) is 7.90. The molecular formula is C8H8BrNO. The molecule has 2 rings (SSSR count). The van der Waals surface area contributed by atoms with Gasteiger partial charge in [-0.15, -0.1) is 0 Å². The lowest BCUT2D eigenvalue weighted by atomic mass is 10.2. The minimum Gasteiger partial charge on any atom is -0.384 e. The lowest BCUT2D eigenvalue weighted by Gasteiger charge is -2.05. The molecule has 0 aliphatic heterocycles. The van der Waals surface area contributed by atoms with E-state index in [0.717, 1.165) is 23.1 Å². The van der Waals surface area contributed by atoms with Gasteiger partial charge in [0.05, 0.1) is 5.69 Å². The second kappa shape index (κ2) is 2.29. The van der Waals surface area contributed by atoms with Gasteiger partial charge in [-0.1, -0.05) is 6.07 Å². The number of aromatic nitrogens is 1. The molecule has 11 heavy (non-hydrogen) atoms. The minimum absolute atomic E-state index is 0.607. The summed E-state index contributed by atoms with van der Waals surface area (Å²) in [6, 6.07) is 5.61. The van der Waals surface area contributed by atoms with Crippen molar-refractivity contribution in [2.45, 2.75) is 18.4 Å². The van der Waals surface area contributed by atoms with Gasteiger partial charge in [-0.05, 0) is 40.9 Å². The van der Waals surface area contributed by atoms with Crippen LogP contribution >= 0.6 is 15.9 Å². The first-order chi connectivity index (χ1) is 5.21. The summed E-state index contributed by atoms with van der Waals surface area (Å²) in [5, 5.41) is 9.64. The van der Waals surface area contributed by atoms with Gasteiger partial charge in [0.2, 0.25) is 0 Å². The van der Waals surface area contributed by atoms with E-state index in [1.807, 2.05) is 18.2 Å². The molecular weight excluding hydrogens is 206 g/mol. The average molecular weight is 214 g/mol. The lowest BCUT2D eigenvalue weighted by molar-refractivity contribution is 0.146. The Morgan fingerprint density at radius 2 is 2.18 bits per heavy atom. The van der Waals surface area contributed by atoms with E-state index in [2.05, 4.69) is 20.9 Å². The van der Waals surface area contributed by atoms with Gasteiger partial charge < -0.3 is 5.11 Å². The first-order valence-corrected chi connectivity index (χ1v) is 4.35. The van der Waals surface area contributed by atoms with Gasteiger partial charge in [-0.3, -0.25) is 0 Å². The fraction of sp³-hybridized carbons (Fsp3) is 0.375. The standard InChI is InChI=1S/C8H8BrNO/c9-7-3-1-2-6(10-7)8(11)4-5-8/h1-3,11H,4-5H2. The van der Waals surface area contributed by atoms with Crippen molar-refractivity contribution in [2.75, 3.05) is 0 Å². The van der Waals surface area contributed by atoms with Gasteiger partial charge in [0.25, 0.3) is 0 Å². The summed E-state index contributed by atoms with van der Waals surface area (Å²) in [4.78, 5) is 4.17. The largest absolute Gasteiger partial charge is 0.384 e. The number of pyridine rings is 1. The first kappa shape index (κ1) is 7.25. The van der Waals surface area contributed by atoms with Gasteiger partial charge >= 0.3 is 0 Å². The van der Waals surface area contributed by atoms with Crippen LogP contribution in [-0.4, -0.2) is 10.1 Å². The van der Waals surface area contributed by atoms with E-state index in [9.17, 15) is 5.11 Å². The summed E-state index contributed by atoms with van der Waals surface area (Å²) in [6.45, 7) is 0. The number of aliphatic hydroxyl groups is 1. The van der Waals surface area contributed by atoms with Crippen LogP contribution in [0.25, 0.3) is 0 Å². The van der Waals surface area contributed by atoms with E-state index in [-0.39, 0.29) is 0 Å². The van der Waals surface area contributed by atoms with Crippen LogP contribution in [0.2, 0.25) is 0 Å². The van der Waals surface area contributed by atoms with Crippen LogP contribution in [0.1, 0.15) is 18.5 Å². The molecule has 58 valence electrons. The molecule has 3 heteroatoms. The van der Waals surface area contributed by atoms with E-state index >= 15 is 0 Å². The Balaban J connectivity index is 2.38. The molecule has 1 aliphatic rings. The van der Waals surface area contributed by atoms with Crippen molar-refractivity contribution in [3.05, 3.63) is 28.5 Å². The molecule has 1 aromatic rings. The van der Waals surface area contributed by atoms with Crippen LogP contribution in [-0.2, 0) is 5.60 Å². The Kier molecular flexibility index (Phi) is 1.51. The summed E-state index contributed by atoms with van der Waals surface area (Å²) in [7, 11) is 0. The molecule has 0 amide bonds. The topological polar surface area (TPSA) is 33.1 Å². The van der Waals surface area contributed by atoms with Gasteiger partial charge in [0.15, 0.2) is 0 Å². The molecule has 1 aliphatic carbocycles. The molecule has 0 aromatic carbocycles. The van der Waals surface area contributed by atoms with E-state index in [0.29, 0.717) is 0 Å². The molecule has 1 fully saturated rings. The first-order valence-electron chi connectivity index (χ1n) is 3.56. The third-order valence-corrected chi connectivity index (χ3v) is 2.36. The van der Waals surface area contributed by atoms with Crippen molar-refractivity contribution >= 4 is 15.9 Å². The molecule has 0 radical (unpaired) electrons. The van der Waals surface area contributed by atoms with Crippen LogP contribution in [0, 0.1) is 0 Å². The molecule has 1 N–H and O–H groups in total. The van der Waals surface area contributed by atoms with Crippen LogP contribution in [0.15, 0.2) is 22.8 Å². The van der Waals surface area contributed by atoms with E-state index in [1.54, 1.807) is 0 Å². The number of halogens is 1. The van der Waals surface area contributed by atoms with E-state index in [1.165, 1.54) is 0 Å². The summed E-state index contributed by atoms with van der Waals surface area (Å²) in [5.74, 6) is 0. The van der Waals surface area contributed by atoms with Gasteiger partial charge in [0, 0.05) is 0 Å². The maximum absolute atomic E-state index is 9.64. The molecule has 0 spiro atoms. The Bertz CT molecular complexity index is 283. The zero-order valence-electron chi connectivity index (χ0n) is 5.92. The quantitative estimate of drug-likeness (QED) is 0.723. The van der Waals surface area contributed by atoms with Gasteiger partial charge in [-0.25, -0.2) is 4.98 Å². The second-order valence-corrected chi connectivity index (χ2v) is 3.69. The molecule has 0 bridgehead atoms. The lowest BCUT2D eigenvalue weighted by Crippen LogP contribution is -2.06. The summed E-state index contributed by atoms with van der Waals surface area (Å²) in [6.07, 6.45) is 1.69. The van der Waals surface area contributed by atoms with Crippen LogP contribution in [0.5, 0.6) is 0 Å². The van der Waals surface area contributed by atoms with Crippen molar-refractivity contribution in [3.8, 4) is 0 Å². The van der Waals surface area contributed by atoms with Crippen molar-refractivity contribution in [1.82, 2.24) is 4.98 Å². The fourth-order valence-corrected chi connectivity index (χ4v) is 1.39. The maximum Gasteiger partial charge on any atom is 0.107 e. The SMILES string of the molecule is OC1(c2cccc(Br)n2)CC1. The smallest absolute Gasteiger partial charge is 0.107 e. The monoisotopic (exact) mass is 213 g/mol. The van der Waals surface area contributed by atoms with Crippen molar-refractivity contribution in [2.24, 2.45) is 0 Å². The molecule has 0 saturated heterocycles. The zero-order valence-corrected chi connectivity index (χ0v) is 7.50. The van der Waals surface area contributed by atoms with Crippen molar-refractivity contribution < 1.29 is 5.11 Å². The highest BCUT2D eigenvalue weighted by Gasteiger charge is 2.43. The normalized spacial score (nSPS) is 19.8. The predicted octanol–water partition coefficient (Wildman–Crippen LogP) is 1.83. The Morgan fingerprint density at radius 1 is 1.45 bits per heavy atom. The average Bonchev–Trinajstić information content (AvgIpc) is 2.70. The highest BCUT2D eigenvalue weighted by atomic mass is 79.9. The second-order valence-electron chi connectivity index (χ2n) is 2.88. The third kappa shape index (κ3) is 1.30. The summed E-state index contributed by atoms with van der Waals surface area (Å²) >= 11 is 3.26. The molecule has 0 atom stereocenters. The maximum atomic E-state index is 9.64. The highest BCUT2D eigenvalue weighted by molar-refractivity contribution is 9.10. The van der Waals surface area contributed by atoms with Gasteiger partial charge in [-0.2, -0.15) is 0 Å². The Morgan fingerprint density at radius 3 is 2.73 bits per heavy atom. The predicted molar refractivity (Wildman–Crippen MR) is 45.1 cm³/mol. The highest BCUT2D eigenvalue weighted by Crippen LogP contribution is 2.44. The third-order valence-electron chi connectivity index (χ3n) is 1.92. The summed E-state index contributed by atoms with van der Waals surface area (Å²) in [5.41, 5.74) is 0.177. The molecule has 2 nitrogen and oxygen atoms in total.